The Hall–Kier alpha value is -2.03. The number of para-hydroxylation sites is 2. The van der Waals surface area contributed by atoms with E-state index >= 15 is 0 Å². The molecule has 0 unspecified atom stereocenters. The van der Waals surface area contributed by atoms with Gasteiger partial charge in [-0.3, -0.25) is 4.90 Å². The van der Waals surface area contributed by atoms with Crippen molar-refractivity contribution >= 4 is 23.3 Å². The summed E-state index contributed by atoms with van der Waals surface area (Å²) in [5, 5.41) is 1.47. The summed E-state index contributed by atoms with van der Waals surface area (Å²) < 4.78 is 2.60. The average Bonchev–Trinajstić information content (AvgIpc) is 2.88. The maximum absolute atomic E-state index is 2.60. The van der Waals surface area contributed by atoms with E-state index in [9.17, 15) is 0 Å². The fraction of sp³-hybridized carbons (Fsp3) is 0.333. The van der Waals surface area contributed by atoms with Gasteiger partial charge in [0.2, 0.25) is 0 Å². The van der Waals surface area contributed by atoms with Crippen LogP contribution in [-0.4, -0.2) is 22.6 Å². The molecule has 2 nitrogen and oxygen atoms in total. The number of hydrogen-bond donors (Lipinski definition) is 0. The van der Waals surface area contributed by atoms with Gasteiger partial charge >= 0.3 is 0 Å². The van der Waals surface area contributed by atoms with Crippen molar-refractivity contribution in [1.29, 1.82) is 0 Å². The lowest BCUT2D eigenvalue weighted by Gasteiger charge is -2.27. The smallest absolute Gasteiger partial charge is 0.0567 e. The number of aromatic nitrogens is 1. The van der Waals surface area contributed by atoms with Crippen molar-refractivity contribution in [3.8, 4) is 5.69 Å². The van der Waals surface area contributed by atoms with Gasteiger partial charge in [0.05, 0.1) is 5.52 Å². The Morgan fingerprint density at radius 1 is 0.963 bits per heavy atom. The summed E-state index contributed by atoms with van der Waals surface area (Å²) in [5.41, 5.74) is 10.3. The third kappa shape index (κ3) is 3.01. The zero-order valence-corrected chi connectivity index (χ0v) is 17.0. The van der Waals surface area contributed by atoms with Crippen molar-refractivity contribution < 1.29 is 0 Å². The zero-order chi connectivity index (χ0) is 17.7. The highest BCUT2D eigenvalue weighted by molar-refractivity contribution is 5.91. The number of allylic oxidation sites excluding steroid dienone is 1. The van der Waals surface area contributed by atoms with Crippen LogP contribution < -0.4 is 0 Å². The number of fused-ring (bicyclic) bond motifs is 5. The maximum Gasteiger partial charge on any atom is 0.0567 e. The summed E-state index contributed by atoms with van der Waals surface area (Å²) in [5.74, 6) is 0. The van der Waals surface area contributed by atoms with Crippen LogP contribution in [0.15, 0.2) is 54.1 Å². The van der Waals surface area contributed by atoms with Crippen LogP contribution in [0, 0.1) is 0 Å². The van der Waals surface area contributed by atoms with Gasteiger partial charge in [-0.1, -0.05) is 48.0 Å². The van der Waals surface area contributed by atoms with Gasteiger partial charge in [0.1, 0.15) is 0 Å². The van der Waals surface area contributed by atoms with Crippen LogP contribution in [0.3, 0.4) is 0 Å². The summed E-state index contributed by atoms with van der Waals surface area (Å²) in [6.45, 7) is 7.65. The molecule has 0 spiro atoms. The Morgan fingerprint density at radius 2 is 1.74 bits per heavy atom. The van der Waals surface area contributed by atoms with Gasteiger partial charge in [-0.25, -0.2) is 0 Å². The van der Waals surface area contributed by atoms with Crippen LogP contribution in [0.5, 0.6) is 0 Å². The lowest BCUT2D eigenvalue weighted by atomic mass is 9.99. The molecule has 0 fully saturated rings. The Bertz CT molecular complexity index is 1020. The molecule has 5 rings (SSSR count). The molecule has 0 aliphatic carbocycles. The third-order valence-corrected chi connectivity index (χ3v) is 5.99. The van der Waals surface area contributed by atoms with E-state index < -0.39 is 0 Å². The van der Waals surface area contributed by atoms with Crippen molar-refractivity contribution in [2.24, 2.45) is 0 Å². The number of nitrogens with zero attached hydrogens (tertiary/aromatic N) is 2. The van der Waals surface area contributed by atoms with Gasteiger partial charge in [0.15, 0.2) is 0 Å². The molecular formula is C24H27ClN2. The number of rotatable bonds is 2. The topological polar surface area (TPSA) is 8.17 Å². The largest absolute Gasteiger partial charge is 0.313 e. The number of benzene rings is 2. The van der Waals surface area contributed by atoms with E-state index in [0.29, 0.717) is 0 Å². The zero-order valence-electron chi connectivity index (χ0n) is 16.2. The van der Waals surface area contributed by atoms with E-state index in [1.807, 2.05) is 0 Å². The van der Waals surface area contributed by atoms with E-state index in [-0.39, 0.29) is 12.4 Å². The first kappa shape index (κ1) is 18.3. The van der Waals surface area contributed by atoms with Crippen molar-refractivity contribution in [2.45, 2.75) is 39.7 Å². The minimum Gasteiger partial charge on any atom is -0.313 e. The Kier molecular flexibility index (Phi) is 4.88. The highest BCUT2D eigenvalue weighted by Gasteiger charge is 2.27. The molecule has 140 valence electrons. The fourth-order valence-electron chi connectivity index (χ4n) is 4.67. The lowest BCUT2D eigenvalue weighted by Crippen LogP contribution is -2.31. The molecule has 0 atom stereocenters. The third-order valence-electron chi connectivity index (χ3n) is 5.99. The monoisotopic (exact) mass is 378 g/mol. The first-order valence-corrected chi connectivity index (χ1v) is 9.80. The predicted octanol–water partition coefficient (Wildman–Crippen LogP) is 5.48. The summed E-state index contributed by atoms with van der Waals surface area (Å²) in [7, 11) is 0. The molecular weight excluding hydrogens is 352 g/mol. The van der Waals surface area contributed by atoms with Crippen molar-refractivity contribution in [3.63, 3.8) is 0 Å². The molecule has 0 bridgehead atoms. The van der Waals surface area contributed by atoms with Crippen LogP contribution in [0.1, 0.15) is 36.2 Å². The first-order valence-electron chi connectivity index (χ1n) is 9.80. The molecule has 2 aliphatic heterocycles. The van der Waals surface area contributed by atoms with Crippen LogP contribution >= 0.6 is 12.4 Å². The SMILES string of the molecule is CC(C)=CCN1CCc2c(c3cccc4c3n2-c2ccccc2CC4)C1.Cl. The Morgan fingerprint density at radius 3 is 2.59 bits per heavy atom. The van der Waals surface area contributed by atoms with E-state index in [1.165, 1.54) is 39.0 Å². The van der Waals surface area contributed by atoms with Crippen LogP contribution in [0.4, 0.5) is 0 Å². The minimum absolute atomic E-state index is 0. The number of halogens is 1. The normalized spacial score (nSPS) is 15.5. The Balaban J connectivity index is 0.00000180. The molecule has 27 heavy (non-hydrogen) atoms. The molecule has 0 amide bonds. The van der Waals surface area contributed by atoms with Gasteiger partial charge in [0, 0.05) is 42.8 Å². The summed E-state index contributed by atoms with van der Waals surface area (Å²) in [6, 6.07) is 15.9. The molecule has 0 saturated carbocycles. The van der Waals surface area contributed by atoms with E-state index in [2.05, 4.69) is 71.9 Å². The van der Waals surface area contributed by atoms with Crippen molar-refractivity contribution in [3.05, 3.63) is 76.5 Å². The molecule has 3 heterocycles. The molecule has 3 aromatic rings. The molecule has 0 N–H and O–H groups in total. The summed E-state index contributed by atoms with van der Waals surface area (Å²) >= 11 is 0. The highest BCUT2D eigenvalue weighted by atomic mass is 35.5. The second-order valence-electron chi connectivity index (χ2n) is 7.97. The summed E-state index contributed by atoms with van der Waals surface area (Å²) in [6.07, 6.45) is 5.76. The van der Waals surface area contributed by atoms with Gasteiger partial charge in [-0.05, 0) is 49.4 Å². The molecule has 2 aromatic carbocycles. The lowest BCUT2D eigenvalue weighted by molar-refractivity contribution is 0.280. The highest BCUT2D eigenvalue weighted by Crippen LogP contribution is 2.38. The maximum atomic E-state index is 2.60. The van der Waals surface area contributed by atoms with Gasteiger partial charge < -0.3 is 4.57 Å². The second kappa shape index (κ2) is 7.18. The van der Waals surface area contributed by atoms with Gasteiger partial charge in [0.25, 0.3) is 0 Å². The van der Waals surface area contributed by atoms with Crippen molar-refractivity contribution in [2.75, 3.05) is 13.1 Å². The van der Waals surface area contributed by atoms with Crippen LogP contribution in [-0.2, 0) is 25.8 Å². The second-order valence-corrected chi connectivity index (χ2v) is 7.97. The first-order chi connectivity index (χ1) is 12.7. The molecule has 1 aromatic heterocycles. The van der Waals surface area contributed by atoms with Gasteiger partial charge in [-0.15, -0.1) is 12.4 Å². The molecule has 0 saturated heterocycles. The standard InChI is InChI=1S/C24H26N2.ClH/c1-17(2)12-14-25-15-13-23-21(16-25)20-8-5-7-19-11-10-18-6-3-4-9-22(18)26(23)24(19)20;/h3-9,12H,10-11,13-16H2,1-2H3;1H. The Labute approximate surface area is 167 Å². The quantitative estimate of drug-likeness (QED) is 0.536. The predicted molar refractivity (Wildman–Crippen MR) is 116 cm³/mol. The summed E-state index contributed by atoms with van der Waals surface area (Å²) in [4.78, 5) is 2.59. The fourth-order valence-corrected chi connectivity index (χ4v) is 4.67. The van der Waals surface area contributed by atoms with E-state index in [0.717, 1.165) is 38.9 Å². The van der Waals surface area contributed by atoms with E-state index in [1.54, 1.807) is 5.56 Å². The minimum atomic E-state index is 0. The molecule has 2 aliphatic rings. The van der Waals surface area contributed by atoms with E-state index in [4.69, 9.17) is 0 Å². The van der Waals surface area contributed by atoms with Crippen LogP contribution in [0.25, 0.3) is 16.6 Å². The average molecular weight is 379 g/mol. The number of aryl methyl sites for hydroxylation is 2. The van der Waals surface area contributed by atoms with Crippen molar-refractivity contribution in [1.82, 2.24) is 9.47 Å². The molecule has 3 heteroatoms. The van der Waals surface area contributed by atoms with Gasteiger partial charge in [-0.2, -0.15) is 0 Å². The van der Waals surface area contributed by atoms with Crippen LogP contribution in [0.2, 0.25) is 0 Å². The number of hydrogen-bond acceptors (Lipinski definition) is 1. The molecule has 0 radical (unpaired) electrons.